The van der Waals surface area contributed by atoms with Gasteiger partial charge in [-0.2, -0.15) is 0 Å². The van der Waals surface area contributed by atoms with Crippen molar-refractivity contribution in [2.45, 2.75) is 51.6 Å². The van der Waals surface area contributed by atoms with Gasteiger partial charge in [0.05, 0.1) is 17.5 Å². The van der Waals surface area contributed by atoms with Crippen LogP contribution in [0.25, 0.3) is 10.9 Å². The minimum absolute atomic E-state index is 0.0721. The van der Waals surface area contributed by atoms with Crippen molar-refractivity contribution in [2.24, 2.45) is 0 Å². The van der Waals surface area contributed by atoms with E-state index in [0.717, 1.165) is 33.5 Å². The van der Waals surface area contributed by atoms with Crippen LogP contribution in [0.1, 0.15) is 37.6 Å². The Kier molecular flexibility index (Phi) is 5.38. The van der Waals surface area contributed by atoms with Crippen molar-refractivity contribution in [3.05, 3.63) is 71.4 Å². The highest BCUT2D eigenvalue weighted by molar-refractivity contribution is 5.94. The first kappa shape index (κ1) is 21.9. The van der Waals surface area contributed by atoms with E-state index in [-0.39, 0.29) is 12.0 Å². The Bertz CT molecular complexity index is 1190. The summed E-state index contributed by atoms with van der Waals surface area (Å²) in [6.45, 7) is 10.0. The van der Waals surface area contributed by atoms with Crippen LogP contribution in [-0.2, 0) is 26.3 Å². The fraction of sp³-hybridized carbons (Fsp3) is 0.407. The number of β-lactam (4-membered cyclic amide) rings is 1. The van der Waals surface area contributed by atoms with Gasteiger partial charge in [-0.3, -0.25) is 9.78 Å². The van der Waals surface area contributed by atoms with Crippen LogP contribution >= 0.6 is 0 Å². The molecule has 0 bridgehead atoms. The summed E-state index contributed by atoms with van der Waals surface area (Å²) in [4.78, 5) is 19.4. The number of benzene rings is 2. The molecule has 2 aliphatic rings. The number of carbonyl (C=O) groups is 1. The number of rotatable bonds is 6. The SMILES string of the molecule is Cc1cc(COc2ccc(C3(C)CN(CC4COC(C)(C)O4)C3=O)cc2)c2ccccc2n1. The zero-order valence-electron chi connectivity index (χ0n) is 19.6. The van der Waals surface area contributed by atoms with E-state index in [1.807, 2.05) is 75.1 Å². The second kappa shape index (κ2) is 8.12. The number of hydrogen-bond acceptors (Lipinski definition) is 5. The lowest BCUT2D eigenvalue weighted by Crippen LogP contribution is -2.64. The Labute approximate surface area is 194 Å². The van der Waals surface area contributed by atoms with Gasteiger partial charge in [0.2, 0.25) is 5.91 Å². The molecule has 2 fully saturated rings. The van der Waals surface area contributed by atoms with Crippen molar-refractivity contribution in [3.8, 4) is 5.75 Å². The number of nitrogens with zero attached hydrogens (tertiary/aromatic N) is 2. The standard InChI is InChI=1S/C27H30N2O4/c1-18-13-19(23-7-5-6-8-24(23)28-18)15-31-21-11-9-20(10-12-21)27(4)17-29(25(27)30)14-22-16-32-26(2,3)33-22/h5-13,22H,14-17H2,1-4H3. The first-order valence-corrected chi connectivity index (χ1v) is 11.4. The molecule has 1 amide bonds. The van der Waals surface area contributed by atoms with Crippen LogP contribution in [0.2, 0.25) is 0 Å². The van der Waals surface area contributed by atoms with Gasteiger partial charge in [-0.15, -0.1) is 0 Å². The van der Waals surface area contributed by atoms with Crippen LogP contribution in [0.4, 0.5) is 0 Å². The van der Waals surface area contributed by atoms with Crippen LogP contribution in [-0.4, -0.2) is 47.4 Å². The average Bonchev–Trinajstić information content (AvgIpc) is 3.15. The zero-order valence-corrected chi connectivity index (χ0v) is 19.6. The molecule has 0 spiro atoms. The largest absolute Gasteiger partial charge is 0.489 e. The van der Waals surface area contributed by atoms with E-state index in [4.69, 9.17) is 14.2 Å². The minimum Gasteiger partial charge on any atom is -0.489 e. The third kappa shape index (κ3) is 4.21. The van der Waals surface area contributed by atoms with Crippen molar-refractivity contribution >= 4 is 16.8 Å². The van der Waals surface area contributed by atoms with E-state index in [1.165, 1.54) is 0 Å². The zero-order chi connectivity index (χ0) is 23.2. The summed E-state index contributed by atoms with van der Waals surface area (Å²) in [5, 5.41) is 1.10. The topological polar surface area (TPSA) is 60.9 Å². The number of carbonyl (C=O) groups excluding carboxylic acids is 1. The molecule has 172 valence electrons. The number of aryl methyl sites for hydroxylation is 1. The summed E-state index contributed by atoms with van der Waals surface area (Å²) < 4.78 is 17.5. The highest BCUT2D eigenvalue weighted by atomic mass is 16.7. The number of ether oxygens (including phenoxy) is 3. The Morgan fingerprint density at radius 1 is 1.12 bits per heavy atom. The van der Waals surface area contributed by atoms with Crippen molar-refractivity contribution in [2.75, 3.05) is 19.7 Å². The van der Waals surface area contributed by atoms with Crippen LogP contribution in [0.3, 0.4) is 0 Å². The van der Waals surface area contributed by atoms with Crippen molar-refractivity contribution < 1.29 is 19.0 Å². The molecule has 5 rings (SSSR count). The van der Waals surface area contributed by atoms with E-state index in [1.54, 1.807) is 0 Å². The smallest absolute Gasteiger partial charge is 0.234 e. The van der Waals surface area contributed by atoms with Gasteiger partial charge in [0.15, 0.2) is 5.79 Å². The van der Waals surface area contributed by atoms with Crippen LogP contribution in [0, 0.1) is 6.92 Å². The Morgan fingerprint density at radius 3 is 2.58 bits per heavy atom. The summed E-state index contributed by atoms with van der Waals surface area (Å²) in [6.07, 6.45) is -0.0721. The third-order valence-corrected chi connectivity index (χ3v) is 6.57. The molecular weight excluding hydrogens is 416 g/mol. The molecule has 2 saturated heterocycles. The lowest BCUT2D eigenvalue weighted by molar-refractivity contribution is -0.159. The number of amides is 1. The summed E-state index contributed by atoms with van der Waals surface area (Å²) in [5.74, 6) is 0.338. The van der Waals surface area contributed by atoms with Crippen molar-refractivity contribution in [1.29, 1.82) is 0 Å². The molecular formula is C27H30N2O4. The number of pyridine rings is 1. The molecule has 2 unspecified atom stereocenters. The summed E-state index contributed by atoms with van der Waals surface area (Å²) in [7, 11) is 0. The molecule has 2 atom stereocenters. The van der Waals surface area contributed by atoms with Crippen molar-refractivity contribution in [3.63, 3.8) is 0 Å². The van der Waals surface area contributed by atoms with Gasteiger partial charge in [0.25, 0.3) is 0 Å². The van der Waals surface area contributed by atoms with E-state index >= 15 is 0 Å². The van der Waals surface area contributed by atoms with Crippen LogP contribution in [0.5, 0.6) is 5.75 Å². The molecule has 3 heterocycles. The molecule has 3 aromatic rings. The van der Waals surface area contributed by atoms with E-state index in [0.29, 0.717) is 26.3 Å². The van der Waals surface area contributed by atoms with Crippen LogP contribution in [0.15, 0.2) is 54.6 Å². The first-order chi connectivity index (χ1) is 15.7. The van der Waals surface area contributed by atoms with E-state index in [2.05, 4.69) is 17.1 Å². The van der Waals surface area contributed by atoms with Crippen LogP contribution < -0.4 is 4.74 Å². The van der Waals surface area contributed by atoms with Gasteiger partial charge in [-0.05, 0) is 57.5 Å². The molecule has 0 aliphatic carbocycles. The van der Waals surface area contributed by atoms with Gasteiger partial charge in [-0.25, -0.2) is 0 Å². The maximum Gasteiger partial charge on any atom is 0.234 e. The summed E-state index contributed by atoms with van der Waals surface area (Å²) >= 11 is 0. The molecule has 33 heavy (non-hydrogen) atoms. The second-order valence-corrected chi connectivity index (χ2v) is 9.72. The molecule has 6 nitrogen and oxygen atoms in total. The molecule has 0 radical (unpaired) electrons. The Morgan fingerprint density at radius 2 is 1.88 bits per heavy atom. The maximum absolute atomic E-state index is 13.0. The fourth-order valence-corrected chi connectivity index (χ4v) is 4.83. The van der Waals surface area contributed by atoms with Gasteiger partial charge in [0, 0.05) is 29.7 Å². The minimum atomic E-state index is -0.570. The third-order valence-electron chi connectivity index (χ3n) is 6.57. The Balaban J connectivity index is 1.22. The predicted molar refractivity (Wildman–Crippen MR) is 126 cm³/mol. The lowest BCUT2D eigenvalue weighted by atomic mass is 9.74. The summed E-state index contributed by atoms with van der Waals surface area (Å²) in [5.41, 5.74) is 3.56. The van der Waals surface area contributed by atoms with E-state index < -0.39 is 11.2 Å². The van der Waals surface area contributed by atoms with Crippen molar-refractivity contribution in [1.82, 2.24) is 9.88 Å². The highest BCUT2D eigenvalue weighted by Crippen LogP contribution is 2.37. The summed E-state index contributed by atoms with van der Waals surface area (Å²) in [6, 6.07) is 18.1. The maximum atomic E-state index is 13.0. The van der Waals surface area contributed by atoms with Gasteiger partial charge in [0.1, 0.15) is 18.5 Å². The lowest BCUT2D eigenvalue weighted by Gasteiger charge is -2.47. The molecule has 2 aromatic carbocycles. The normalized spacial score (nSPS) is 24.2. The predicted octanol–water partition coefficient (Wildman–Crippen LogP) is 4.37. The average molecular weight is 447 g/mol. The number of likely N-dealkylation sites (tertiary alicyclic amines) is 1. The number of aromatic nitrogens is 1. The van der Waals surface area contributed by atoms with Gasteiger partial charge < -0.3 is 19.1 Å². The highest BCUT2D eigenvalue weighted by Gasteiger charge is 2.50. The molecule has 6 heteroatoms. The number of fused-ring (bicyclic) bond motifs is 1. The first-order valence-electron chi connectivity index (χ1n) is 11.4. The second-order valence-electron chi connectivity index (χ2n) is 9.72. The number of para-hydroxylation sites is 1. The fourth-order valence-electron chi connectivity index (χ4n) is 4.83. The molecule has 0 N–H and O–H groups in total. The van der Waals surface area contributed by atoms with E-state index in [9.17, 15) is 4.79 Å². The number of hydrogen-bond donors (Lipinski definition) is 0. The van der Waals surface area contributed by atoms with Gasteiger partial charge in [-0.1, -0.05) is 30.3 Å². The molecule has 0 saturated carbocycles. The Hall–Kier alpha value is -2.96. The quantitative estimate of drug-likeness (QED) is 0.526. The molecule has 1 aromatic heterocycles. The van der Waals surface area contributed by atoms with Gasteiger partial charge >= 0.3 is 0 Å². The monoisotopic (exact) mass is 446 g/mol. The molecule has 2 aliphatic heterocycles.